The van der Waals surface area contributed by atoms with Crippen molar-refractivity contribution >= 4 is 0 Å². The van der Waals surface area contributed by atoms with Gasteiger partial charge in [0.15, 0.2) is 0 Å². The third kappa shape index (κ3) is 2.05. The molecule has 0 aliphatic carbocycles. The number of ether oxygens (including phenoxy) is 1. The monoisotopic (exact) mass is 280 g/mol. The zero-order chi connectivity index (χ0) is 15.0. The van der Waals surface area contributed by atoms with Crippen LogP contribution < -0.4 is 10.5 Å². The van der Waals surface area contributed by atoms with Gasteiger partial charge in [0.25, 0.3) is 0 Å². The van der Waals surface area contributed by atoms with E-state index in [1.165, 1.54) is 0 Å². The van der Waals surface area contributed by atoms with E-state index in [0.29, 0.717) is 11.5 Å². The lowest BCUT2D eigenvalue weighted by Crippen LogP contribution is -2.23. The molecule has 0 saturated heterocycles. The fraction of sp³-hybridized carbons (Fsp3) is 0.250. The number of nitrogens with zero attached hydrogens (tertiary/aromatic N) is 2. The number of benzene rings is 1. The normalized spacial score (nSPS) is 18.6. The van der Waals surface area contributed by atoms with Crippen molar-refractivity contribution in [2.24, 2.45) is 5.73 Å². The number of allylic oxidation sites excluding steroid dienone is 1. The Morgan fingerprint density at radius 1 is 1.38 bits per heavy atom. The Hall–Kier alpha value is -2.74. The van der Waals surface area contributed by atoms with Gasteiger partial charge in [-0.2, -0.15) is 5.26 Å². The Morgan fingerprint density at radius 3 is 2.76 bits per heavy atom. The van der Waals surface area contributed by atoms with Gasteiger partial charge in [-0.05, 0) is 18.4 Å². The van der Waals surface area contributed by atoms with Crippen LogP contribution in [0, 0.1) is 18.3 Å². The van der Waals surface area contributed by atoms with E-state index in [-0.39, 0.29) is 17.7 Å². The molecule has 21 heavy (non-hydrogen) atoms. The molecule has 2 aromatic rings. The van der Waals surface area contributed by atoms with E-state index >= 15 is 0 Å². The van der Waals surface area contributed by atoms with Gasteiger partial charge in [-0.3, -0.25) is 5.10 Å². The number of aromatic amines is 1. The quantitative estimate of drug-likeness (QED) is 0.885. The molecule has 1 aromatic heterocycles. The van der Waals surface area contributed by atoms with Gasteiger partial charge >= 0.3 is 0 Å². The molecule has 1 aliphatic rings. The zero-order valence-electron chi connectivity index (χ0n) is 11.9. The van der Waals surface area contributed by atoms with E-state index in [0.717, 1.165) is 16.8 Å². The van der Waals surface area contributed by atoms with Crippen molar-refractivity contribution in [3.63, 3.8) is 0 Å². The molecule has 1 aromatic carbocycles. The summed E-state index contributed by atoms with van der Waals surface area (Å²) in [5.74, 6) is 0.555. The number of hydrogen-bond acceptors (Lipinski definition) is 4. The molecule has 106 valence electrons. The molecule has 0 radical (unpaired) electrons. The number of nitriles is 1. The Bertz CT molecular complexity index is 739. The lowest BCUT2D eigenvalue weighted by molar-refractivity contribution is 0.368. The van der Waals surface area contributed by atoms with Crippen molar-refractivity contribution < 1.29 is 4.74 Å². The smallest absolute Gasteiger partial charge is 0.243 e. The third-order valence-electron chi connectivity index (χ3n) is 4.00. The summed E-state index contributed by atoms with van der Waals surface area (Å²) in [6, 6.07) is 12.3. The number of rotatable bonds is 2. The molecule has 2 atom stereocenters. The number of H-pyrrole nitrogens is 1. The highest BCUT2D eigenvalue weighted by molar-refractivity contribution is 5.51. The predicted molar refractivity (Wildman–Crippen MR) is 78.4 cm³/mol. The number of hydrogen-bond donors (Lipinski definition) is 2. The van der Waals surface area contributed by atoms with Gasteiger partial charge < -0.3 is 10.5 Å². The summed E-state index contributed by atoms with van der Waals surface area (Å²) in [4.78, 5) is 0. The first-order valence-electron chi connectivity index (χ1n) is 6.81. The second kappa shape index (κ2) is 4.98. The van der Waals surface area contributed by atoms with Crippen molar-refractivity contribution in [1.82, 2.24) is 10.2 Å². The number of nitrogens with one attached hydrogen (secondary N) is 1. The van der Waals surface area contributed by atoms with Crippen molar-refractivity contribution in [1.29, 1.82) is 5.26 Å². The lowest BCUT2D eigenvalue weighted by Gasteiger charge is -2.28. The first-order chi connectivity index (χ1) is 10.1. The van der Waals surface area contributed by atoms with Gasteiger partial charge in [0.1, 0.15) is 6.07 Å². The molecule has 2 heterocycles. The number of fused-ring (bicyclic) bond motifs is 1. The summed E-state index contributed by atoms with van der Waals surface area (Å²) in [7, 11) is 0. The molecule has 0 fully saturated rings. The summed E-state index contributed by atoms with van der Waals surface area (Å²) in [6.45, 7) is 4.02. The molecule has 0 amide bonds. The summed E-state index contributed by atoms with van der Waals surface area (Å²) >= 11 is 0. The molecule has 5 heteroatoms. The molecule has 3 rings (SSSR count). The van der Waals surface area contributed by atoms with Crippen LogP contribution in [0.2, 0.25) is 0 Å². The molecule has 1 aliphatic heterocycles. The van der Waals surface area contributed by atoms with Crippen LogP contribution in [-0.2, 0) is 0 Å². The van der Waals surface area contributed by atoms with Crippen molar-refractivity contribution in [2.45, 2.75) is 25.7 Å². The van der Waals surface area contributed by atoms with Crippen LogP contribution >= 0.6 is 0 Å². The van der Waals surface area contributed by atoms with Gasteiger partial charge in [0.2, 0.25) is 11.8 Å². The van der Waals surface area contributed by atoms with Crippen LogP contribution in [0.15, 0.2) is 41.8 Å². The third-order valence-corrected chi connectivity index (χ3v) is 4.00. The topological polar surface area (TPSA) is 87.7 Å². The van der Waals surface area contributed by atoms with Crippen LogP contribution in [0.3, 0.4) is 0 Å². The zero-order valence-corrected chi connectivity index (χ0v) is 11.9. The minimum absolute atomic E-state index is 0.0957. The molecular formula is C16H16N4O. The molecule has 3 N–H and O–H groups in total. The highest BCUT2D eigenvalue weighted by atomic mass is 16.5. The van der Waals surface area contributed by atoms with Crippen LogP contribution in [0.5, 0.6) is 5.88 Å². The van der Waals surface area contributed by atoms with Gasteiger partial charge in [-0.25, -0.2) is 0 Å². The molecule has 0 unspecified atom stereocenters. The predicted octanol–water partition coefficient (Wildman–Crippen LogP) is 2.69. The summed E-state index contributed by atoms with van der Waals surface area (Å²) in [6.07, 6.45) is 0. The van der Waals surface area contributed by atoms with Gasteiger partial charge in [0, 0.05) is 17.2 Å². The maximum Gasteiger partial charge on any atom is 0.243 e. The van der Waals surface area contributed by atoms with Crippen LogP contribution in [0.4, 0.5) is 0 Å². The summed E-state index contributed by atoms with van der Waals surface area (Å²) in [5.41, 5.74) is 9.33. The average molecular weight is 280 g/mol. The van der Waals surface area contributed by atoms with Crippen molar-refractivity contribution in [2.75, 3.05) is 0 Å². The van der Waals surface area contributed by atoms with Gasteiger partial charge in [-0.15, -0.1) is 5.10 Å². The highest BCUT2D eigenvalue weighted by Crippen LogP contribution is 2.46. The van der Waals surface area contributed by atoms with Crippen molar-refractivity contribution in [3.05, 3.63) is 58.6 Å². The van der Waals surface area contributed by atoms with Gasteiger partial charge in [0.05, 0.1) is 5.57 Å². The van der Waals surface area contributed by atoms with E-state index in [1.54, 1.807) is 0 Å². The standard InChI is InChI=1S/C16H16N4O/c1-9(11-6-4-3-5-7-11)13-12(8-17)15(18)21-16-14(13)10(2)19-20-16/h3-7,9,13H,18H2,1-2H3,(H,19,20)/t9-,13+/m1/s1. The second-order valence-electron chi connectivity index (χ2n) is 5.24. The number of aromatic nitrogens is 2. The van der Waals surface area contributed by atoms with Crippen molar-refractivity contribution in [3.8, 4) is 11.9 Å². The summed E-state index contributed by atoms with van der Waals surface area (Å²) < 4.78 is 5.46. The van der Waals surface area contributed by atoms with Crippen LogP contribution in [0.1, 0.15) is 35.6 Å². The van der Waals surface area contributed by atoms with Crippen LogP contribution in [0.25, 0.3) is 0 Å². The molecule has 0 bridgehead atoms. The maximum atomic E-state index is 9.48. The largest absolute Gasteiger partial charge is 0.420 e. The molecule has 0 spiro atoms. The number of nitrogens with two attached hydrogens (primary N) is 1. The first kappa shape index (κ1) is 13.3. The second-order valence-corrected chi connectivity index (χ2v) is 5.24. The number of aryl methyl sites for hydroxylation is 1. The van der Waals surface area contributed by atoms with Gasteiger partial charge in [-0.1, -0.05) is 37.3 Å². The summed E-state index contributed by atoms with van der Waals surface area (Å²) in [5, 5.41) is 16.5. The molecular weight excluding hydrogens is 264 g/mol. The molecule has 0 saturated carbocycles. The van der Waals surface area contributed by atoms with E-state index in [2.05, 4.69) is 35.3 Å². The van der Waals surface area contributed by atoms with Crippen LogP contribution in [-0.4, -0.2) is 10.2 Å². The Labute approximate surface area is 123 Å². The fourth-order valence-electron chi connectivity index (χ4n) is 2.89. The first-order valence-corrected chi connectivity index (χ1v) is 6.81. The molecule has 5 nitrogen and oxygen atoms in total. The Kier molecular flexibility index (Phi) is 3.15. The Morgan fingerprint density at radius 2 is 2.10 bits per heavy atom. The van der Waals surface area contributed by atoms with E-state index in [4.69, 9.17) is 10.5 Å². The lowest BCUT2D eigenvalue weighted by atomic mass is 9.77. The van der Waals surface area contributed by atoms with E-state index in [9.17, 15) is 5.26 Å². The minimum Gasteiger partial charge on any atom is -0.420 e. The fourth-order valence-corrected chi connectivity index (χ4v) is 2.89. The SMILES string of the molecule is Cc1[nH]nc2c1[C@@H]([C@H](C)c1ccccc1)C(C#N)=C(N)O2. The minimum atomic E-state index is -0.153. The Balaban J connectivity index is 2.14. The van der Waals surface area contributed by atoms with E-state index in [1.807, 2.05) is 25.1 Å². The van der Waals surface area contributed by atoms with E-state index < -0.39 is 0 Å². The average Bonchev–Trinajstić information content (AvgIpc) is 2.87. The maximum absolute atomic E-state index is 9.48. The highest BCUT2D eigenvalue weighted by Gasteiger charge is 2.36.